The molecule has 0 saturated carbocycles. The molecule has 2 rings (SSSR count). The van der Waals surface area contributed by atoms with Crippen LogP contribution in [0.15, 0.2) is 0 Å². The zero-order valence-electron chi connectivity index (χ0n) is 9.84. The molecule has 2 fully saturated rings. The van der Waals surface area contributed by atoms with Gasteiger partial charge in [0.05, 0.1) is 0 Å². The molecule has 0 aliphatic carbocycles. The lowest BCUT2D eigenvalue weighted by Crippen LogP contribution is -2.42. The normalized spacial score (nSPS) is 37.9. The molecule has 2 aliphatic heterocycles. The highest BCUT2D eigenvalue weighted by Crippen LogP contribution is 2.30. The van der Waals surface area contributed by atoms with Crippen LogP contribution in [0.1, 0.15) is 33.6 Å². The predicted molar refractivity (Wildman–Crippen MR) is 60.4 cm³/mol. The maximum absolute atomic E-state index is 3.50. The molecular formula is C12H24N2. The first-order valence-electron chi connectivity index (χ1n) is 6.05. The molecule has 2 aliphatic rings. The summed E-state index contributed by atoms with van der Waals surface area (Å²) in [4.78, 5) is 2.70. The van der Waals surface area contributed by atoms with Crippen molar-refractivity contribution in [1.82, 2.24) is 10.2 Å². The molecule has 0 spiro atoms. The van der Waals surface area contributed by atoms with Crippen molar-refractivity contribution in [2.24, 2.45) is 11.8 Å². The molecule has 0 amide bonds. The van der Waals surface area contributed by atoms with Crippen LogP contribution in [0.5, 0.6) is 0 Å². The molecule has 2 heterocycles. The fourth-order valence-corrected chi connectivity index (χ4v) is 2.89. The third-order valence-corrected chi connectivity index (χ3v) is 4.21. The number of rotatable bonds is 2. The minimum Gasteiger partial charge on any atom is -0.316 e. The highest BCUT2D eigenvalue weighted by atomic mass is 15.2. The van der Waals surface area contributed by atoms with E-state index < -0.39 is 0 Å². The van der Waals surface area contributed by atoms with E-state index in [1.807, 2.05) is 0 Å². The molecule has 2 saturated heterocycles. The van der Waals surface area contributed by atoms with Crippen molar-refractivity contribution < 1.29 is 0 Å². The van der Waals surface area contributed by atoms with E-state index in [-0.39, 0.29) is 0 Å². The summed E-state index contributed by atoms with van der Waals surface area (Å²) in [6, 6.07) is 0. The van der Waals surface area contributed by atoms with Crippen molar-refractivity contribution in [3.63, 3.8) is 0 Å². The van der Waals surface area contributed by atoms with Crippen molar-refractivity contribution in [3.05, 3.63) is 0 Å². The van der Waals surface area contributed by atoms with E-state index >= 15 is 0 Å². The Labute approximate surface area is 88.1 Å². The number of nitrogens with one attached hydrogen (secondary N) is 1. The third kappa shape index (κ3) is 1.96. The fourth-order valence-electron chi connectivity index (χ4n) is 2.89. The van der Waals surface area contributed by atoms with E-state index in [4.69, 9.17) is 0 Å². The molecule has 1 N–H and O–H groups in total. The molecule has 0 aromatic heterocycles. The number of hydrogen-bond acceptors (Lipinski definition) is 2. The van der Waals surface area contributed by atoms with Gasteiger partial charge in [-0.05, 0) is 58.2 Å². The molecule has 0 aromatic carbocycles. The molecule has 14 heavy (non-hydrogen) atoms. The summed E-state index contributed by atoms with van der Waals surface area (Å²) >= 11 is 0. The Balaban J connectivity index is 1.90. The maximum atomic E-state index is 3.50. The minimum absolute atomic E-state index is 0.461. The second kappa shape index (κ2) is 3.82. The van der Waals surface area contributed by atoms with Gasteiger partial charge in [0.15, 0.2) is 0 Å². The zero-order chi connectivity index (χ0) is 10.2. The molecule has 0 radical (unpaired) electrons. The van der Waals surface area contributed by atoms with Crippen molar-refractivity contribution in [1.29, 1.82) is 0 Å². The maximum Gasteiger partial charge on any atom is 0.0153 e. The molecule has 0 aromatic rings. The standard InChI is InChI=1S/C12H24N2/c1-10-7-13-8-11(10)9-14-6-4-5-12(14,2)3/h10-11,13H,4-9H2,1-3H3. The number of likely N-dealkylation sites (tertiary alicyclic amines) is 1. The Bertz CT molecular complexity index is 200. The summed E-state index contributed by atoms with van der Waals surface area (Å²) in [5.74, 6) is 1.75. The zero-order valence-corrected chi connectivity index (χ0v) is 9.84. The summed E-state index contributed by atoms with van der Waals surface area (Å²) in [7, 11) is 0. The Hall–Kier alpha value is -0.0800. The Kier molecular flexibility index (Phi) is 2.85. The van der Waals surface area contributed by atoms with E-state index in [0.29, 0.717) is 5.54 Å². The Morgan fingerprint density at radius 2 is 2.14 bits per heavy atom. The quantitative estimate of drug-likeness (QED) is 0.723. The lowest BCUT2D eigenvalue weighted by atomic mass is 9.95. The van der Waals surface area contributed by atoms with Crippen LogP contribution in [0, 0.1) is 11.8 Å². The van der Waals surface area contributed by atoms with Gasteiger partial charge in [0, 0.05) is 12.1 Å². The van der Waals surface area contributed by atoms with E-state index in [1.54, 1.807) is 0 Å². The highest BCUT2D eigenvalue weighted by Gasteiger charge is 2.35. The van der Waals surface area contributed by atoms with Crippen molar-refractivity contribution in [2.75, 3.05) is 26.2 Å². The summed E-state index contributed by atoms with van der Waals surface area (Å²) in [6.45, 7) is 12.2. The van der Waals surface area contributed by atoms with E-state index in [2.05, 4.69) is 31.0 Å². The van der Waals surface area contributed by atoms with Crippen molar-refractivity contribution >= 4 is 0 Å². The smallest absolute Gasteiger partial charge is 0.0153 e. The van der Waals surface area contributed by atoms with Crippen LogP contribution in [-0.2, 0) is 0 Å². The third-order valence-electron chi connectivity index (χ3n) is 4.21. The second-order valence-electron chi connectivity index (χ2n) is 5.76. The second-order valence-corrected chi connectivity index (χ2v) is 5.76. The van der Waals surface area contributed by atoms with Gasteiger partial charge in [-0.2, -0.15) is 0 Å². The van der Waals surface area contributed by atoms with E-state index in [0.717, 1.165) is 11.8 Å². The topological polar surface area (TPSA) is 15.3 Å². The molecular weight excluding hydrogens is 172 g/mol. The van der Waals surface area contributed by atoms with Crippen LogP contribution in [0.3, 0.4) is 0 Å². The van der Waals surface area contributed by atoms with E-state index in [9.17, 15) is 0 Å². The average Bonchev–Trinajstić information content (AvgIpc) is 2.62. The predicted octanol–water partition coefficient (Wildman–Crippen LogP) is 1.72. The highest BCUT2D eigenvalue weighted by molar-refractivity contribution is 4.91. The number of nitrogens with zero attached hydrogens (tertiary/aromatic N) is 1. The molecule has 82 valence electrons. The van der Waals surface area contributed by atoms with Gasteiger partial charge in [0.25, 0.3) is 0 Å². The van der Waals surface area contributed by atoms with Crippen LogP contribution >= 0.6 is 0 Å². The first-order valence-corrected chi connectivity index (χ1v) is 6.05. The largest absolute Gasteiger partial charge is 0.316 e. The summed E-state index contributed by atoms with van der Waals surface area (Å²) in [5, 5.41) is 3.50. The Morgan fingerprint density at radius 3 is 2.64 bits per heavy atom. The van der Waals surface area contributed by atoms with Crippen LogP contribution < -0.4 is 5.32 Å². The van der Waals surface area contributed by atoms with Crippen molar-refractivity contribution in [3.8, 4) is 0 Å². The van der Waals surface area contributed by atoms with Gasteiger partial charge < -0.3 is 5.32 Å². The first-order chi connectivity index (χ1) is 6.59. The van der Waals surface area contributed by atoms with Gasteiger partial charge >= 0.3 is 0 Å². The van der Waals surface area contributed by atoms with Gasteiger partial charge in [-0.15, -0.1) is 0 Å². The summed E-state index contributed by atoms with van der Waals surface area (Å²) < 4.78 is 0. The molecule has 2 nitrogen and oxygen atoms in total. The fraction of sp³-hybridized carbons (Fsp3) is 1.00. The van der Waals surface area contributed by atoms with Crippen LogP contribution in [0.2, 0.25) is 0 Å². The molecule has 0 bridgehead atoms. The first kappa shape index (κ1) is 10.4. The minimum atomic E-state index is 0.461. The molecule has 2 atom stereocenters. The van der Waals surface area contributed by atoms with Gasteiger partial charge in [-0.1, -0.05) is 6.92 Å². The molecule has 2 unspecified atom stereocenters. The summed E-state index contributed by atoms with van der Waals surface area (Å²) in [5.41, 5.74) is 0.461. The average molecular weight is 196 g/mol. The summed E-state index contributed by atoms with van der Waals surface area (Å²) in [6.07, 6.45) is 2.77. The van der Waals surface area contributed by atoms with Gasteiger partial charge in [-0.25, -0.2) is 0 Å². The van der Waals surface area contributed by atoms with E-state index in [1.165, 1.54) is 39.0 Å². The SMILES string of the molecule is CC1CNCC1CN1CCCC1(C)C. The van der Waals surface area contributed by atoms with Gasteiger partial charge in [0.2, 0.25) is 0 Å². The van der Waals surface area contributed by atoms with Crippen LogP contribution in [0.4, 0.5) is 0 Å². The monoisotopic (exact) mass is 196 g/mol. The van der Waals surface area contributed by atoms with Crippen LogP contribution in [0.25, 0.3) is 0 Å². The Morgan fingerprint density at radius 1 is 1.36 bits per heavy atom. The van der Waals surface area contributed by atoms with Crippen LogP contribution in [-0.4, -0.2) is 36.6 Å². The molecule has 2 heteroatoms. The van der Waals surface area contributed by atoms with Gasteiger partial charge in [0.1, 0.15) is 0 Å². The lowest BCUT2D eigenvalue weighted by Gasteiger charge is -2.34. The number of hydrogen-bond donors (Lipinski definition) is 1. The van der Waals surface area contributed by atoms with Crippen molar-refractivity contribution in [2.45, 2.75) is 39.2 Å². The van der Waals surface area contributed by atoms with Gasteiger partial charge in [-0.3, -0.25) is 4.90 Å². The lowest BCUT2D eigenvalue weighted by molar-refractivity contribution is 0.141.